The molecule has 0 bridgehead atoms. The Labute approximate surface area is 831 Å². The number of rotatable bonds is 14. The summed E-state index contributed by atoms with van der Waals surface area (Å²) in [7, 11) is 22.0. The van der Waals surface area contributed by atoms with Crippen molar-refractivity contribution >= 4 is 117 Å². The van der Waals surface area contributed by atoms with Crippen molar-refractivity contribution in [2.45, 2.75) is 82.8 Å². The average molecular weight is 1960 g/mol. The van der Waals surface area contributed by atoms with Crippen LogP contribution in [0.15, 0.2) is 256 Å². The highest BCUT2D eigenvalue weighted by Crippen LogP contribution is 2.26. The van der Waals surface area contributed by atoms with Crippen molar-refractivity contribution in [3.63, 3.8) is 0 Å². The quantitative estimate of drug-likeness (QED) is 0.0720. The lowest BCUT2D eigenvalue weighted by molar-refractivity contribution is -0.128. The maximum atomic E-state index is 12.9. The van der Waals surface area contributed by atoms with Gasteiger partial charge in [-0.15, -0.1) is 21.8 Å². The molecule has 13 heterocycles. The molecule has 9 amide bonds. The molecule has 43 nitrogen and oxygen atoms in total. The van der Waals surface area contributed by atoms with Crippen molar-refractivity contribution in [1.82, 2.24) is 157 Å². The van der Waals surface area contributed by atoms with Gasteiger partial charge in [-0.2, -0.15) is 14.3 Å². The number of amides is 9. The highest BCUT2D eigenvalue weighted by atomic mass is 35.5. The van der Waals surface area contributed by atoms with Crippen molar-refractivity contribution in [1.29, 1.82) is 0 Å². The van der Waals surface area contributed by atoms with E-state index >= 15 is 0 Å². The van der Waals surface area contributed by atoms with Crippen LogP contribution in [0.25, 0.3) is 78.4 Å². The summed E-state index contributed by atoms with van der Waals surface area (Å²) in [6, 6.07) is 49.3. The van der Waals surface area contributed by atoms with Crippen LogP contribution in [0.1, 0.15) is 68.7 Å². The second kappa shape index (κ2) is 54.3. The normalized spacial score (nSPS) is 12.8. The molecule has 10 aromatic heterocycles. The van der Waals surface area contributed by atoms with Crippen molar-refractivity contribution in [3.05, 3.63) is 257 Å². The Morgan fingerprint density at radius 3 is 1.56 bits per heavy atom. The second-order valence-electron chi connectivity index (χ2n) is 31.6. The number of aliphatic imine (C=N–C) groups is 2. The number of pyridine rings is 1. The van der Waals surface area contributed by atoms with Gasteiger partial charge in [-0.25, -0.2) is 112 Å². The van der Waals surface area contributed by atoms with Gasteiger partial charge in [0.25, 0.3) is 5.91 Å². The fraction of sp³-hybridized carbons (Fsp3) is 0.316. The highest BCUT2D eigenvalue weighted by molar-refractivity contribution is 6.17. The molecule has 2 atom stereocenters. The predicted octanol–water partition coefficient (Wildman–Crippen LogP) is 14.3. The number of aromatic nitrogens is 21. The van der Waals surface area contributed by atoms with Crippen LogP contribution in [0.2, 0.25) is 0 Å². The fourth-order valence-corrected chi connectivity index (χ4v) is 13.3. The molecule has 142 heavy (non-hydrogen) atoms. The Balaban J connectivity index is 0.000000256. The van der Waals surface area contributed by atoms with Gasteiger partial charge in [-0.3, -0.25) is 29.1 Å². The molecule has 0 saturated carbocycles. The summed E-state index contributed by atoms with van der Waals surface area (Å²) < 4.78 is 13.8. The molecule has 0 aliphatic carbocycles. The van der Waals surface area contributed by atoms with Gasteiger partial charge in [0, 0.05) is 165 Å². The smallest absolute Gasteiger partial charge is 0.345 e. The van der Waals surface area contributed by atoms with E-state index in [1.165, 1.54) is 111 Å². The third kappa shape index (κ3) is 29.4. The zero-order valence-electron chi connectivity index (χ0n) is 77.3. The number of hydrogen-bond acceptors (Lipinski definition) is 29. The number of benzene rings is 5. The molecule has 5 aromatic carbocycles. The van der Waals surface area contributed by atoms with Crippen LogP contribution < -0.4 is 4.74 Å². The summed E-state index contributed by atoms with van der Waals surface area (Å²) in [6.45, 7) is 8.83. The molecular formula is C98H127ClN34O9. The first-order chi connectivity index (χ1) is 65.5. The number of carbonyl (C=O) groups is 8. The first kappa shape index (κ1) is 114. The van der Waals surface area contributed by atoms with Gasteiger partial charge in [-0.05, 0) is 30.5 Å². The van der Waals surface area contributed by atoms with Crippen LogP contribution in [0.5, 0.6) is 6.01 Å². The SMILES string of the molecule is C.C.C.C.C.C.C=C(N(C)C)N1C=NC2C(=O)N(C(=O)N(C)C)C=NC21.CN(C)C(=O)n1cnc(-c2ccccc2)n1.CN(C)C(=O)n1cnc2cncnc21.CN(C)C(=O)n1cnc2nc(OCc3ccccc3)ncc21.CN(C)C(=O)n1cnc2ncncc21.CN(CCCCCl)C(=O)n1cnc(-c2ccccc2)n1.O=C(N1CCN(Cc2ccc3ccccc3n2)CC1)n1cnc(-c2ccccc2)c1. The first-order valence-corrected chi connectivity index (χ1v) is 43.1. The third-order valence-corrected chi connectivity index (χ3v) is 20.7. The zero-order valence-corrected chi connectivity index (χ0v) is 78.0. The van der Waals surface area contributed by atoms with Crippen molar-refractivity contribution in [2.24, 2.45) is 9.98 Å². The van der Waals surface area contributed by atoms with Crippen molar-refractivity contribution in [2.75, 3.05) is 130 Å². The molecule has 18 rings (SSSR count). The minimum atomic E-state index is -0.708. The van der Waals surface area contributed by atoms with Gasteiger partial charge in [0.15, 0.2) is 40.8 Å². The third-order valence-electron chi connectivity index (χ3n) is 20.4. The van der Waals surface area contributed by atoms with Crippen molar-refractivity contribution in [3.8, 4) is 40.0 Å². The van der Waals surface area contributed by atoms with Gasteiger partial charge in [0.1, 0.15) is 85.9 Å². The Bertz CT molecular complexity index is 6560. The van der Waals surface area contributed by atoms with E-state index in [0.29, 0.717) is 83.1 Å². The molecule has 1 saturated heterocycles. The number of urea groups is 1. The summed E-state index contributed by atoms with van der Waals surface area (Å²) in [5, 5.41) is 9.49. The predicted molar refractivity (Wildman–Crippen MR) is 552 cm³/mol. The molecule has 2 unspecified atom stereocenters. The van der Waals surface area contributed by atoms with Crippen LogP contribution >= 0.6 is 11.6 Å². The number of ether oxygens (including phenoxy) is 1. The Morgan fingerprint density at radius 2 is 0.979 bits per heavy atom. The number of unbranched alkanes of at least 4 members (excludes halogenated alkanes) is 1. The number of imide groups is 1. The second-order valence-corrected chi connectivity index (χ2v) is 32.0. The molecule has 15 aromatic rings. The minimum absolute atomic E-state index is 0. The Hall–Kier alpha value is -16.9. The van der Waals surface area contributed by atoms with Gasteiger partial charge in [-0.1, -0.05) is 197 Å². The molecule has 3 aliphatic rings. The summed E-state index contributed by atoms with van der Waals surface area (Å²) in [6.07, 6.45) is 22.2. The number of alkyl halides is 1. The first-order valence-electron chi connectivity index (χ1n) is 42.5. The fourth-order valence-electron chi connectivity index (χ4n) is 13.1. The molecule has 750 valence electrons. The van der Waals surface area contributed by atoms with Crippen LogP contribution in [0.3, 0.4) is 0 Å². The highest BCUT2D eigenvalue weighted by Gasteiger charge is 2.44. The topological polar surface area (TPSA) is 429 Å². The van der Waals surface area contributed by atoms with Gasteiger partial charge < -0.3 is 43.9 Å². The number of hydrogen-bond donors (Lipinski definition) is 0. The van der Waals surface area contributed by atoms with Crippen molar-refractivity contribution < 1.29 is 43.1 Å². The summed E-state index contributed by atoms with van der Waals surface area (Å²) in [5.74, 6) is 2.01. The van der Waals surface area contributed by atoms with E-state index in [1.807, 2.05) is 170 Å². The van der Waals surface area contributed by atoms with Crippen LogP contribution in [0, 0.1) is 0 Å². The van der Waals surface area contributed by atoms with Gasteiger partial charge >= 0.3 is 48.2 Å². The molecule has 0 N–H and O–H groups in total. The van der Waals surface area contributed by atoms with Crippen LogP contribution in [-0.4, -0.2) is 360 Å². The van der Waals surface area contributed by atoms with E-state index in [1.54, 1.807) is 111 Å². The maximum Gasteiger partial charge on any atom is 0.345 e. The molecule has 0 spiro atoms. The summed E-state index contributed by atoms with van der Waals surface area (Å²) in [5.41, 5.74) is 9.98. The number of piperazine rings is 1. The number of nitrogens with zero attached hydrogens (tertiary/aromatic N) is 34. The van der Waals surface area contributed by atoms with Gasteiger partial charge in [0.2, 0.25) is 0 Å². The lowest BCUT2D eigenvalue weighted by Gasteiger charge is -2.34. The Morgan fingerprint density at radius 1 is 0.458 bits per heavy atom. The van der Waals surface area contributed by atoms with E-state index in [2.05, 4.69) is 110 Å². The van der Waals surface area contributed by atoms with E-state index in [-0.39, 0.29) is 92.7 Å². The molecule has 0 radical (unpaired) electrons. The van der Waals surface area contributed by atoms with Crippen LogP contribution in [-0.2, 0) is 17.9 Å². The van der Waals surface area contributed by atoms with E-state index in [9.17, 15) is 38.4 Å². The number of halogens is 1. The standard InChI is InChI=1S/C24H23N5O.C15H15N5O2.C14H17ClN4O.C12H18N6O2.C11H12N4O.2C8H9N5O.6CH4/c30-24(29-17-23(25-18-29)19-6-2-1-3-7-19)28-14-12-27(13-15-28)16-21-11-10-20-8-4-5-9-22(20)26-21;1-19(2)15(21)20-10-17-13-12(20)8-16-14(18-13)22-9-11-6-4-3-5-7-11;1-18(10-6-5-9-15)14(20)19-11-16-13(17-19)12-7-3-2-4-8-12;1-8(15(2)3)17-6-13-9-10(17)14-7-18(11(9)19)12(20)16(4)5;1-14(2)11(16)15-8-12-10(13-15)9-6-4-3-5-7-9;1-12(2)8(14)13-5-11-7-6(13)3-9-4-10-7;1-12(2)8(14)13-5-11-6-3-9-4-10-7(6)13;;;;;;/h1-11,17-18H,12-16H2;3-8,10H,9H2,1-2H3;2-4,7-8,11H,5-6,9-10H2,1H3;6-7,9-10H,1H2,2-5H3;3-8H,1-2H3;2*3-5H,1-2H3;6*1H4. The number of fused-ring (bicyclic) bond motifs is 5. The Kier molecular flexibility index (Phi) is 43.6. The number of imidazole rings is 4. The average Bonchev–Trinajstić information content (AvgIpc) is 1.58. The van der Waals surface area contributed by atoms with Gasteiger partial charge in [0.05, 0.1) is 41.8 Å². The number of para-hydroxylation sites is 1. The van der Waals surface area contributed by atoms with E-state index < -0.39 is 18.2 Å². The molecular weight excluding hydrogens is 1830 g/mol. The van der Waals surface area contributed by atoms with Crippen LogP contribution in [0.4, 0.5) is 33.6 Å². The van der Waals surface area contributed by atoms with E-state index in [4.69, 9.17) is 21.3 Å². The summed E-state index contributed by atoms with van der Waals surface area (Å²) in [4.78, 5) is 175. The van der Waals surface area contributed by atoms with E-state index in [0.717, 1.165) is 81.9 Å². The maximum absolute atomic E-state index is 12.9. The molecule has 44 heteroatoms. The minimum Gasteiger partial charge on any atom is -0.459 e. The lowest BCUT2D eigenvalue weighted by Crippen LogP contribution is -2.54. The molecule has 3 aliphatic heterocycles. The summed E-state index contributed by atoms with van der Waals surface area (Å²) >= 11 is 5.62. The zero-order chi connectivity index (χ0) is 97.1. The largest absolute Gasteiger partial charge is 0.459 e. The monoisotopic (exact) mass is 1960 g/mol. The lowest BCUT2D eigenvalue weighted by atomic mass is 10.2. The molecule has 1 fully saturated rings. The number of carbonyl (C=O) groups excluding carboxylic acids is 8.